The van der Waals surface area contributed by atoms with Gasteiger partial charge in [-0.15, -0.1) is 13.2 Å². The maximum atomic E-state index is 13.7. The highest BCUT2D eigenvalue weighted by molar-refractivity contribution is 5.75. The van der Waals surface area contributed by atoms with Crippen LogP contribution in [0.25, 0.3) is 16.7 Å². The van der Waals surface area contributed by atoms with Crippen LogP contribution in [0.5, 0.6) is 5.75 Å². The monoisotopic (exact) mass is 418 g/mol. The second-order valence-corrected chi connectivity index (χ2v) is 6.57. The molecule has 0 spiro atoms. The summed E-state index contributed by atoms with van der Waals surface area (Å²) in [5.41, 5.74) is 0.940. The second-order valence-electron chi connectivity index (χ2n) is 6.57. The third kappa shape index (κ3) is 3.88. The summed E-state index contributed by atoms with van der Waals surface area (Å²) in [6.07, 6.45) is -3.67. The molecule has 10 heteroatoms. The highest BCUT2D eigenvalue weighted by atomic mass is 19.4. The number of fused-ring (bicyclic) bond motifs is 1. The quantitative estimate of drug-likeness (QED) is 0.508. The smallest absolute Gasteiger partial charge is 0.405 e. The maximum Gasteiger partial charge on any atom is 0.573 e. The molecule has 0 saturated carbocycles. The van der Waals surface area contributed by atoms with Crippen molar-refractivity contribution in [3.63, 3.8) is 0 Å². The summed E-state index contributed by atoms with van der Waals surface area (Å²) in [7, 11) is 0. The Kier molecular flexibility index (Phi) is 4.76. The molecule has 4 rings (SSSR count). The van der Waals surface area contributed by atoms with E-state index in [9.17, 15) is 22.4 Å². The van der Waals surface area contributed by atoms with Crippen molar-refractivity contribution in [2.75, 3.05) is 0 Å². The number of benzene rings is 2. The van der Waals surface area contributed by atoms with E-state index in [0.29, 0.717) is 11.3 Å². The molecule has 2 aromatic heterocycles. The number of aryl methyl sites for hydroxylation is 1. The van der Waals surface area contributed by atoms with E-state index in [0.717, 1.165) is 0 Å². The van der Waals surface area contributed by atoms with Crippen LogP contribution in [-0.4, -0.2) is 26.1 Å². The number of aromatic nitrogens is 4. The molecule has 1 N–H and O–H groups in total. The van der Waals surface area contributed by atoms with Crippen LogP contribution < -0.4 is 10.3 Å². The van der Waals surface area contributed by atoms with Gasteiger partial charge in [0.05, 0.1) is 11.9 Å². The molecular formula is C20H14F4N4O2. The first-order valence-electron chi connectivity index (χ1n) is 8.78. The van der Waals surface area contributed by atoms with E-state index in [1.165, 1.54) is 41.2 Å². The van der Waals surface area contributed by atoms with E-state index in [1.54, 1.807) is 19.1 Å². The van der Waals surface area contributed by atoms with Gasteiger partial charge in [0.2, 0.25) is 0 Å². The molecule has 2 aromatic carbocycles. The molecule has 0 radical (unpaired) electrons. The Bertz CT molecular complexity index is 1290. The van der Waals surface area contributed by atoms with E-state index in [4.69, 9.17) is 0 Å². The van der Waals surface area contributed by atoms with E-state index in [2.05, 4.69) is 19.8 Å². The van der Waals surface area contributed by atoms with Crippen molar-refractivity contribution in [3.8, 4) is 11.4 Å². The lowest BCUT2D eigenvalue weighted by molar-refractivity contribution is -0.274. The lowest BCUT2D eigenvalue weighted by Crippen LogP contribution is -2.18. The first-order chi connectivity index (χ1) is 14.2. The van der Waals surface area contributed by atoms with Crippen molar-refractivity contribution in [1.82, 2.24) is 19.7 Å². The van der Waals surface area contributed by atoms with Crippen LogP contribution in [0.1, 0.15) is 17.0 Å². The summed E-state index contributed by atoms with van der Waals surface area (Å²) < 4.78 is 57.1. The minimum atomic E-state index is -4.85. The van der Waals surface area contributed by atoms with E-state index >= 15 is 0 Å². The number of ether oxygens (including phenoxy) is 1. The number of para-hydroxylation sites is 1. The molecule has 2 heterocycles. The lowest BCUT2D eigenvalue weighted by atomic mass is 10.1. The van der Waals surface area contributed by atoms with Gasteiger partial charge >= 0.3 is 6.36 Å². The van der Waals surface area contributed by atoms with Crippen LogP contribution in [0.3, 0.4) is 0 Å². The number of hydrogen-bond donors (Lipinski definition) is 1. The highest BCUT2D eigenvalue weighted by Gasteiger charge is 2.32. The molecule has 0 bridgehead atoms. The van der Waals surface area contributed by atoms with Crippen LogP contribution in [0.2, 0.25) is 0 Å². The first-order valence-corrected chi connectivity index (χ1v) is 8.78. The Morgan fingerprint density at radius 3 is 2.70 bits per heavy atom. The van der Waals surface area contributed by atoms with E-state index in [-0.39, 0.29) is 34.6 Å². The molecule has 4 aromatic rings. The minimum absolute atomic E-state index is 0.113. The Balaban J connectivity index is 1.79. The SMILES string of the molecule is Cc1ccc(F)cc1-n1ncc2c(=O)[nH]c(Cc3ccccc3OC(F)(F)F)nc21. The fourth-order valence-corrected chi connectivity index (χ4v) is 3.09. The molecule has 0 unspecified atom stereocenters. The van der Waals surface area contributed by atoms with Gasteiger partial charge < -0.3 is 9.72 Å². The Morgan fingerprint density at radius 1 is 1.17 bits per heavy atom. The van der Waals surface area contributed by atoms with Gasteiger partial charge in [0.15, 0.2) is 5.65 Å². The molecule has 0 atom stereocenters. The van der Waals surface area contributed by atoms with Crippen molar-refractivity contribution in [3.05, 3.63) is 81.8 Å². The maximum absolute atomic E-state index is 13.7. The summed E-state index contributed by atoms with van der Waals surface area (Å²) in [5, 5.41) is 4.31. The summed E-state index contributed by atoms with van der Waals surface area (Å²) in [6, 6.07) is 9.71. The lowest BCUT2D eigenvalue weighted by Gasteiger charge is -2.13. The Hall–Kier alpha value is -3.69. The molecule has 0 saturated heterocycles. The average molecular weight is 418 g/mol. The third-order valence-corrected chi connectivity index (χ3v) is 4.44. The number of alkyl halides is 3. The third-order valence-electron chi connectivity index (χ3n) is 4.44. The van der Waals surface area contributed by atoms with Crippen molar-refractivity contribution >= 4 is 11.0 Å². The zero-order valence-electron chi connectivity index (χ0n) is 15.5. The van der Waals surface area contributed by atoms with Crippen LogP contribution >= 0.6 is 0 Å². The summed E-state index contributed by atoms with van der Waals surface area (Å²) in [6.45, 7) is 1.75. The fraction of sp³-hybridized carbons (Fsp3) is 0.150. The van der Waals surface area contributed by atoms with Crippen LogP contribution in [0, 0.1) is 12.7 Å². The number of nitrogens with one attached hydrogen (secondary N) is 1. The largest absolute Gasteiger partial charge is 0.573 e. The van der Waals surface area contributed by atoms with Crippen molar-refractivity contribution < 1.29 is 22.3 Å². The van der Waals surface area contributed by atoms with Gasteiger partial charge in [0.25, 0.3) is 5.56 Å². The summed E-state index contributed by atoms with van der Waals surface area (Å²) in [5.74, 6) is -0.758. The molecule has 30 heavy (non-hydrogen) atoms. The number of nitrogens with zero attached hydrogens (tertiary/aromatic N) is 3. The number of H-pyrrole nitrogens is 1. The Labute approximate surface area is 166 Å². The molecule has 0 aliphatic carbocycles. The predicted molar refractivity (Wildman–Crippen MR) is 100 cm³/mol. The topological polar surface area (TPSA) is 72.8 Å². The van der Waals surface area contributed by atoms with Crippen molar-refractivity contribution in [1.29, 1.82) is 0 Å². The molecule has 0 aliphatic heterocycles. The zero-order valence-corrected chi connectivity index (χ0v) is 15.5. The fourth-order valence-electron chi connectivity index (χ4n) is 3.09. The van der Waals surface area contributed by atoms with E-state index < -0.39 is 17.7 Å². The van der Waals surface area contributed by atoms with Crippen LogP contribution in [0.15, 0.2) is 53.5 Å². The molecule has 154 valence electrons. The van der Waals surface area contributed by atoms with Gasteiger partial charge in [-0.3, -0.25) is 4.79 Å². The minimum Gasteiger partial charge on any atom is -0.405 e. The van der Waals surface area contributed by atoms with Gasteiger partial charge in [0.1, 0.15) is 22.8 Å². The van der Waals surface area contributed by atoms with E-state index in [1.807, 2.05) is 0 Å². The van der Waals surface area contributed by atoms with Crippen LogP contribution in [0.4, 0.5) is 17.6 Å². The molecule has 6 nitrogen and oxygen atoms in total. The average Bonchev–Trinajstić information content (AvgIpc) is 3.08. The summed E-state index contributed by atoms with van der Waals surface area (Å²) >= 11 is 0. The molecule has 0 amide bonds. The number of aromatic amines is 1. The Morgan fingerprint density at radius 2 is 1.93 bits per heavy atom. The first kappa shape index (κ1) is 19.6. The molecule has 0 aliphatic rings. The van der Waals surface area contributed by atoms with Gasteiger partial charge in [-0.05, 0) is 30.7 Å². The normalized spacial score (nSPS) is 11.8. The zero-order chi connectivity index (χ0) is 21.5. The van der Waals surface area contributed by atoms with Gasteiger partial charge in [-0.1, -0.05) is 24.3 Å². The number of rotatable bonds is 4. The molecule has 0 fully saturated rings. The number of halogens is 4. The van der Waals surface area contributed by atoms with Gasteiger partial charge in [0, 0.05) is 12.0 Å². The highest BCUT2D eigenvalue weighted by Crippen LogP contribution is 2.27. The predicted octanol–water partition coefficient (Wildman–Crippen LogP) is 4.05. The molecular weight excluding hydrogens is 404 g/mol. The van der Waals surface area contributed by atoms with Gasteiger partial charge in [-0.2, -0.15) is 5.10 Å². The van der Waals surface area contributed by atoms with Crippen LogP contribution in [-0.2, 0) is 6.42 Å². The second kappa shape index (κ2) is 7.29. The van der Waals surface area contributed by atoms with Crippen molar-refractivity contribution in [2.24, 2.45) is 0 Å². The summed E-state index contributed by atoms with van der Waals surface area (Å²) in [4.78, 5) is 19.4. The van der Waals surface area contributed by atoms with Crippen molar-refractivity contribution in [2.45, 2.75) is 19.7 Å². The number of hydrogen-bond acceptors (Lipinski definition) is 4. The van der Waals surface area contributed by atoms with Gasteiger partial charge in [-0.25, -0.2) is 14.1 Å². The standard InChI is InChI=1S/C20H14F4N4O2/c1-11-6-7-13(21)9-15(11)28-18-14(10-25-28)19(29)27-17(26-18)8-12-4-2-3-5-16(12)30-20(22,23)24/h2-7,9-10H,8H2,1H3,(H,26,27,29).